The molecule has 1 fully saturated rings. The first-order chi connectivity index (χ1) is 16.2. The maximum absolute atomic E-state index is 13.4. The lowest BCUT2D eigenvalue weighted by Crippen LogP contribution is -2.43. The molecule has 34 heavy (non-hydrogen) atoms. The van der Waals surface area contributed by atoms with Crippen LogP contribution in [-0.4, -0.2) is 39.1 Å². The van der Waals surface area contributed by atoms with Crippen LogP contribution in [0.15, 0.2) is 60.7 Å². The minimum absolute atomic E-state index is 0.230. The maximum atomic E-state index is 13.4. The number of hydrogen-bond acceptors (Lipinski definition) is 4. The second-order valence-electron chi connectivity index (χ2n) is 9.84. The zero-order chi connectivity index (χ0) is 24.1. The first-order valence-electron chi connectivity index (χ1n) is 11.4. The van der Waals surface area contributed by atoms with Crippen molar-refractivity contribution < 1.29 is 14.4 Å². The van der Waals surface area contributed by atoms with Crippen LogP contribution in [0.5, 0.6) is 0 Å². The van der Waals surface area contributed by atoms with Crippen LogP contribution in [0.2, 0.25) is 0 Å². The van der Waals surface area contributed by atoms with E-state index >= 15 is 0 Å². The van der Waals surface area contributed by atoms with Crippen LogP contribution < -0.4 is 10.6 Å². The van der Waals surface area contributed by atoms with Crippen LogP contribution in [-0.2, 0) is 27.0 Å². The van der Waals surface area contributed by atoms with E-state index in [1.54, 1.807) is 4.68 Å². The number of nitrogens with zero attached hydrogens (tertiary/aromatic N) is 3. The second kappa shape index (κ2) is 7.83. The normalized spacial score (nSPS) is 19.4. The highest BCUT2D eigenvalue weighted by atomic mass is 16.2. The third kappa shape index (κ3) is 3.55. The van der Waals surface area contributed by atoms with Crippen LogP contribution in [0, 0.1) is 0 Å². The molecule has 2 heterocycles. The van der Waals surface area contributed by atoms with Gasteiger partial charge in [-0.15, -0.1) is 0 Å². The number of carbonyl (C=O) groups is 3. The van der Waals surface area contributed by atoms with Crippen molar-refractivity contribution in [3.05, 3.63) is 77.5 Å². The Balaban J connectivity index is 1.39. The van der Waals surface area contributed by atoms with Gasteiger partial charge in [-0.2, -0.15) is 5.10 Å². The largest absolute Gasteiger partial charge is 0.325 e. The number of rotatable bonds is 4. The molecular weight excluding hydrogens is 430 g/mol. The minimum atomic E-state index is -1.08. The number of aryl methyl sites for hydroxylation is 1. The molecule has 2 N–H and O–H groups in total. The summed E-state index contributed by atoms with van der Waals surface area (Å²) in [4.78, 5) is 40.2. The Morgan fingerprint density at radius 3 is 2.53 bits per heavy atom. The summed E-state index contributed by atoms with van der Waals surface area (Å²) in [5.74, 6) is -0.372. The molecule has 1 aliphatic carbocycles. The molecule has 0 bridgehead atoms. The molecular formula is C26H27N5O3. The highest BCUT2D eigenvalue weighted by Crippen LogP contribution is 2.41. The highest BCUT2D eigenvalue weighted by molar-refractivity contribution is 6.10. The number of urea groups is 1. The smallest absolute Gasteiger partial charge is 0.319 e. The summed E-state index contributed by atoms with van der Waals surface area (Å²) in [6, 6.07) is 18.4. The molecule has 1 atom stereocenters. The van der Waals surface area contributed by atoms with Gasteiger partial charge >= 0.3 is 6.03 Å². The summed E-state index contributed by atoms with van der Waals surface area (Å²) >= 11 is 0. The number of fused-ring (bicyclic) bond motifs is 2. The summed E-state index contributed by atoms with van der Waals surface area (Å²) in [6.45, 7) is 5.76. The summed E-state index contributed by atoms with van der Waals surface area (Å²) < 4.78 is 1.67. The zero-order valence-corrected chi connectivity index (χ0v) is 19.5. The molecule has 1 unspecified atom stereocenters. The molecule has 1 saturated heterocycles. The molecule has 5 rings (SSSR count). The maximum Gasteiger partial charge on any atom is 0.325 e. The van der Waals surface area contributed by atoms with Gasteiger partial charge in [-0.1, -0.05) is 63.2 Å². The minimum Gasteiger partial charge on any atom is -0.319 e. The number of para-hydroxylation sites is 1. The van der Waals surface area contributed by atoms with Gasteiger partial charge in [0.2, 0.25) is 5.91 Å². The van der Waals surface area contributed by atoms with Crippen molar-refractivity contribution in [3.63, 3.8) is 0 Å². The van der Waals surface area contributed by atoms with Gasteiger partial charge < -0.3 is 10.6 Å². The highest BCUT2D eigenvalue weighted by Gasteiger charge is 2.55. The van der Waals surface area contributed by atoms with E-state index in [1.807, 2.05) is 81.4 Å². The topological polar surface area (TPSA) is 96.3 Å². The molecule has 8 heteroatoms. The summed E-state index contributed by atoms with van der Waals surface area (Å²) in [7, 11) is 0. The lowest BCUT2D eigenvalue weighted by molar-refractivity contribution is -0.134. The number of hydrogen-bond donors (Lipinski definition) is 2. The number of benzene rings is 2. The first kappa shape index (κ1) is 21.9. The van der Waals surface area contributed by atoms with Crippen LogP contribution in [0.1, 0.15) is 44.0 Å². The molecule has 4 amide bonds. The van der Waals surface area contributed by atoms with E-state index in [-0.39, 0.29) is 17.9 Å². The van der Waals surface area contributed by atoms with Crippen molar-refractivity contribution in [1.82, 2.24) is 20.0 Å². The summed E-state index contributed by atoms with van der Waals surface area (Å²) in [5.41, 5.74) is 2.15. The Labute approximate surface area is 197 Å². The van der Waals surface area contributed by atoms with Crippen LogP contribution in [0.4, 0.5) is 10.6 Å². The van der Waals surface area contributed by atoms with E-state index < -0.39 is 17.5 Å². The molecule has 2 aromatic carbocycles. The van der Waals surface area contributed by atoms with Crippen LogP contribution in [0.3, 0.4) is 0 Å². The van der Waals surface area contributed by atoms with Gasteiger partial charge in [0.15, 0.2) is 0 Å². The first-order valence-corrected chi connectivity index (χ1v) is 11.4. The van der Waals surface area contributed by atoms with Crippen molar-refractivity contribution in [2.45, 2.75) is 44.6 Å². The van der Waals surface area contributed by atoms with Gasteiger partial charge in [0.05, 0.1) is 11.4 Å². The molecule has 3 aromatic rings. The Hall–Kier alpha value is -3.94. The zero-order valence-electron chi connectivity index (χ0n) is 19.5. The van der Waals surface area contributed by atoms with Crippen LogP contribution in [0.25, 0.3) is 5.69 Å². The third-order valence-corrected chi connectivity index (χ3v) is 6.47. The van der Waals surface area contributed by atoms with Gasteiger partial charge in [0.25, 0.3) is 5.91 Å². The van der Waals surface area contributed by atoms with Gasteiger partial charge in [-0.05, 0) is 36.1 Å². The van der Waals surface area contributed by atoms with E-state index in [1.165, 1.54) is 0 Å². The second-order valence-corrected chi connectivity index (χ2v) is 9.84. The summed E-state index contributed by atoms with van der Waals surface area (Å²) in [5, 5.41) is 10.4. The number of nitrogens with one attached hydrogen (secondary N) is 2. The number of amides is 4. The Kier molecular flexibility index (Phi) is 5.04. The monoisotopic (exact) mass is 457 g/mol. The lowest BCUT2D eigenvalue weighted by atomic mass is 9.92. The molecule has 2 aliphatic rings. The van der Waals surface area contributed by atoms with E-state index in [2.05, 4.69) is 10.6 Å². The van der Waals surface area contributed by atoms with E-state index in [0.29, 0.717) is 18.7 Å². The number of carbonyl (C=O) groups excluding carboxylic acids is 3. The molecule has 1 spiro atoms. The SMILES string of the molecule is CC(C)(C)c1cc(NC(=O)CN2C(=O)NC3(CCc4ccccc43)C2=O)n(-c2ccccc2)n1. The van der Waals surface area contributed by atoms with Crippen molar-refractivity contribution in [2.75, 3.05) is 11.9 Å². The van der Waals surface area contributed by atoms with E-state index in [4.69, 9.17) is 5.10 Å². The molecule has 174 valence electrons. The predicted octanol–water partition coefficient (Wildman–Crippen LogP) is 3.50. The van der Waals surface area contributed by atoms with Gasteiger partial charge in [-0.3, -0.25) is 14.5 Å². The van der Waals surface area contributed by atoms with Gasteiger partial charge in [-0.25, -0.2) is 9.48 Å². The third-order valence-electron chi connectivity index (χ3n) is 6.47. The summed E-state index contributed by atoms with van der Waals surface area (Å²) in [6.07, 6.45) is 1.19. The van der Waals surface area contributed by atoms with Crippen molar-refractivity contribution in [1.29, 1.82) is 0 Å². The van der Waals surface area contributed by atoms with Gasteiger partial charge in [0, 0.05) is 11.5 Å². The Morgan fingerprint density at radius 1 is 1.09 bits per heavy atom. The molecule has 0 saturated carbocycles. The number of aromatic nitrogens is 2. The van der Waals surface area contributed by atoms with E-state index in [9.17, 15) is 14.4 Å². The fourth-order valence-electron chi connectivity index (χ4n) is 4.66. The average molecular weight is 458 g/mol. The Bertz CT molecular complexity index is 1290. The molecule has 0 radical (unpaired) electrons. The van der Waals surface area contributed by atoms with Crippen molar-refractivity contribution >= 4 is 23.7 Å². The van der Waals surface area contributed by atoms with Crippen molar-refractivity contribution in [3.8, 4) is 5.69 Å². The molecule has 1 aliphatic heterocycles. The molecule has 1 aromatic heterocycles. The predicted molar refractivity (Wildman–Crippen MR) is 128 cm³/mol. The standard InChI is InChI=1S/C26H27N5O3/c1-25(2,3)20-15-21(31(29-20)18-10-5-4-6-11-18)27-22(32)16-30-23(33)26(28-24(30)34)14-13-17-9-7-8-12-19(17)26/h4-12,15H,13-14,16H2,1-3H3,(H,27,32)(H,28,34). The quantitative estimate of drug-likeness (QED) is 0.586. The van der Waals surface area contributed by atoms with E-state index in [0.717, 1.165) is 27.4 Å². The Morgan fingerprint density at radius 2 is 1.79 bits per heavy atom. The number of anilines is 1. The van der Waals surface area contributed by atoms with Crippen molar-refractivity contribution in [2.24, 2.45) is 0 Å². The lowest BCUT2D eigenvalue weighted by Gasteiger charge is -2.22. The van der Waals surface area contributed by atoms with Crippen LogP contribution >= 0.6 is 0 Å². The molecule has 8 nitrogen and oxygen atoms in total. The number of imide groups is 1. The van der Waals surface area contributed by atoms with Gasteiger partial charge in [0.1, 0.15) is 17.9 Å². The fourth-order valence-corrected chi connectivity index (χ4v) is 4.66. The average Bonchev–Trinajstić information content (AvgIpc) is 3.46. The fraction of sp³-hybridized carbons (Fsp3) is 0.308.